The number of nitrogens with one attached hydrogen (secondary N) is 4. The lowest BCUT2D eigenvalue weighted by Gasteiger charge is -2.35. The predicted octanol–water partition coefficient (Wildman–Crippen LogP) is 0.659. The van der Waals surface area contributed by atoms with Crippen molar-refractivity contribution in [3.8, 4) is 5.75 Å². The molecule has 0 bridgehead atoms. The Labute approximate surface area is 227 Å². The zero-order valence-corrected chi connectivity index (χ0v) is 22.5. The summed E-state index contributed by atoms with van der Waals surface area (Å²) < 4.78 is 0. The molecule has 210 valence electrons. The number of carbonyl (C=O) groups is 4. The number of aromatic nitrogens is 1. The molecular formula is C28H37N5O6. The van der Waals surface area contributed by atoms with E-state index in [2.05, 4.69) is 26.3 Å². The van der Waals surface area contributed by atoms with Crippen LogP contribution in [0.15, 0.2) is 48.7 Å². The van der Waals surface area contributed by atoms with Gasteiger partial charge in [-0.05, 0) is 37.0 Å². The number of pyridine rings is 1. The summed E-state index contributed by atoms with van der Waals surface area (Å²) in [6, 6.07) is 7.87. The van der Waals surface area contributed by atoms with Gasteiger partial charge >= 0.3 is 0 Å². The first-order chi connectivity index (χ1) is 18.5. The molecule has 39 heavy (non-hydrogen) atoms. The fraction of sp³-hybridized carbons (Fsp3) is 0.464. The van der Waals surface area contributed by atoms with Crippen molar-refractivity contribution in [2.24, 2.45) is 11.8 Å². The van der Waals surface area contributed by atoms with Crippen LogP contribution >= 0.6 is 0 Å². The van der Waals surface area contributed by atoms with E-state index >= 15 is 0 Å². The van der Waals surface area contributed by atoms with Gasteiger partial charge < -0.3 is 31.5 Å². The van der Waals surface area contributed by atoms with Gasteiger partial charge in [0.05, 0.1) is 24.1 Å². The number of aliphatic hydroxyl groups is 1. The lowest BCUT2D eigenvalue weighted by molar-refractivity contribution is -0.137. The standard InChI is InChI=1S/C28H37N5O6/c1-5-15(2)21-26(37)30-17(4)22(33-28(39)23-20(34)12-9-13-29-23)27(38)31-19(14-18-10-7-6-8-11-18)24(35)16(3)25(36)32-21/h6-13,15-17,19,21-22,24,34-35H,5,14H2,1-4H3,(H,30,37)(H,31,38)(H,32,36)(H,33,39)/t15?,16-,17-,19+,21?,22+,24+/m1/s1. The second-order valence-corrected chi connectivity index (χ2v) is 10.1. The van der Waals surface area contributed by atoms with E-state index in [-0.39, 0.29) is 23.8 Å². The highest BCUT2D eigenvalue weighted by Gasteiger charge is 2.39. The molecule has 7 atom stereocenters. The van der Waals surface area contributed by atoms with E-state index in [1.165, 1.54) is 25.3 Å². The van der Waals surface area contributed by atoms with Gasteiger partial charge in [-0.15, -0.1) is 0 Å². The molecule has 0 spiro atoms. The van der Waals surface area contributed by atoms with Gasteiger partial charge in [-0.25, -0.2) is 4.98 Å². The van der Waals surface area contributed by atoms with E-state index in [9.17, 15) is 29.4 Å². The molecule has 1 saturated heterocycles. The molecule has 0 saturated carbocycles. The van der Waals surface area contributed by atoms with Gasteiger partial charge in [0.1, 0.15) is 17.8 Å². The lowest BCUT2D eigenvalue weighted by Crippen LogP contribution is -2.64. The van der Waals surface area contributed by atoms with E-state index in [0.29, 0.717) is 6.42 Å². The molecule has 1 aliphatic heterocycles. The Kier molecular flexibility index (Phi) is 10.00. The van der Waals surface area contributed by atoms with Crippen molar-refractivity contribution in [2.75, 3.05) is 0 Å². The van der Waals surface area contributed by atoms with Gasteiger partial charge in [0, 0.05) is 6.20 Å². The fourth-order valence-corrected chi connectivity index (χ4v) is 4.48. The summed E-state index contributed by atoms with van der Waals surface area (Å²) in [6.07, 6.45) is 0.817. The van der Waals surface area contributed by atoms with E-state index in [0.717, 1.165) is 5.56 Å². The number of hydrogen-bond donors (Lipinski definition) is 6. The van der Waals surface area contributed by atoms with Crippen molar-refractivity contribution in [3.05, 3.63) is 59.9 Å². The molecule has 11 heteroatoms. The predicted molar refractivity (Wildman–Crippen MR) is 143 cm³/mol. The third-order valence-corrected chi connectivity index (χ3v) is 7.20. The van der Waals surface area contributed by atoms with Gasteiger partial charge in [0.2, 0.25) is 17.7 Å². The first-order valence-electron chi connectivity index (χ1n) is 13.1. The number of amides is 4. The maximum Gasteiger partial charge on any atom is 0.274 e. The van der Waals surface area contributed by atoms with Gasteiger partial charge in [-0.3, -0.25) is 19.2 Å². The SMILES string of the molecule is CCC(C)C1NC(=O)[C@H](C)[C@H](O)[C@H](Cc2ccccc2)NC(=O)[C@@H](NC(=O)c2ncccc2O)[C@@H](C)NC1=O. The summed E-state index contributed by atoms with van der Waals surface area (Å²) >= 11 is 0. The third-order valence-electron chi connectivity index (χ3n) is 7.20. The Hall–Kier alpha value is -3.99. The average Bonchev–Trinajstić information content (AvgIpc) is 2.92. The largest absolute Gasteiger partial charge is 0.505 e. The van der Waals surface area contributed by atoms with Crippen LogP contribution in [0.2, 0.25) is 0 Å². The Morgan fingerprint density at radius 3 is 2.33 bits per heavy atom. The van der Waals surface area contributed by atoms with Crippen LogP contribution in [-0.2, 0) is 20.8 Å². The summed E-state index contributed by atoms with van der Waals surface area (Å²) in [7, 11) is 0. The quantitative estimate of drug-likeness (QED) is 0.313. The molecule has 2 aromatic rings. The molecule has 3 rings (SSSR count). The normalized spacial score (nSPS) is 27.2. The second kappa shape index (κ2) is 13.2. The van der Waals surface area contributed by atoms with Gasteiger partial charge in [-0.2, -0.15) is 0 Å². The number of rotatable bonds is 6. The van der Waals surface area contributed by atoms with Crippen LogP contribution in [0, 0.1) is 11.8 Å². The highest BCUT2D eigenvalue weighted by atomic mass is 16.3. The fourth-order valence-electron chi connectivity index (χ4n) is 4.48. The van der Waals surface area contributed by atoms with Crippen LogP contribution in [0.25, 0.3) is 0 Å². The van der Waals surface area contributed by atoms with Crippen molar-refractivity contribution in [3.63, 3.8) is 0 Å². The Morgan fingerprint density at radius 2 is 1.69 bits per heavy atom. The van der Waals surface area contributed by atoms with Crippen LogP contribution in [0.5, 0.6) is 5.75 Å². The number of aliphatic hydroxyl groups excluding tert-OH is 1. The zero-order chi connectivity index (χ0) is 28.7. The van der Waals surface area contributed by atoms with Crippen LogP contribution in [0.3, 0.4) is 0 Å². The number of hydrogen-bond acceptors (Lipinski definition) is 7. The van der Waals surface area contributed by atoms with Crippen LogP contribution in [0.4, 0.5) is 0 Å². The smallest absolute Gasteiger partial charge is 0.274 e. The highest BCUT2D eigenvalue weighted by molar-refractivity contribution is 5.98. The summed E-state index contributed by atoms with van der Waals surface area (Å²) in [6.45, 7) is 6.78. The number of carbonyl (C=O) groups excluding carboxylic acids is 4. The molecule has 4 amide bonds. The van der Waals surface area contributed by atoms with Gasteiger partial charge in [-0.1, -0.05) is 57.5 Å². The molecule has 1 fully saturated rings. The summed E-state index contributed by atoms with van der Waals surface area (Å²) in [5, 5.41) is 32.2. The van der Waals surface area contributed by atoms with Gasteiger partial charge in [0.15, 0.2) is 5.69 Å². The molecule has 2 unspecified atom stereocenters. The molecule has 0 aliphatic carbocycles. The minimum atomic E-state index is -1.30. The molecular weight excluding hydrogens is 502 g/mol. The number of benzene rings is 1. The third kappa shape index (κ3) is 7.32. The number of aromatic hydroxyl groups is 1. The van der Waals surface area contributed by atoms with Crippen molar-refractivity contribution >= 4 is 23.6 Å². The minimum absolute atomic E-state index is 0.211. The Morgan fingerprint density at radius 1 is 1.00 bits per heavy atom. The molecule has 11 nitrogen and oxygen atoms in total. The van der Waals surface area contributed by atoms with Crippen LogP contribution < -0.4 is 21.3 Å². The molecule has 1 aliphatic rings. The Balaban J connectivity index is 2.00. The molecule has 6 N–H and O–H groups in total. The van der Waals surface area contributed by atoms with E-state index in [4.69, 9.17) is 0 Å². The van der Waals surface area contributed by atoms with E-state index < -0.39 is 59.8 Å². The second-order valence-electron chi connectivity index (χ2n) is 10.1. The lowest BCUT2D eigenvalue weighted by atomic mass is 9.90. The summed E-state index contributed by atoms with van der Waals surface area (Å²) in [5.41, 5.74) is 0.536. The average molecular weight is 540 g/mol. The van der Waals surface area contributed by atoms with Crippen molar-refractivity contribution in [1.82, 2.24) is 26.3 Å². The van der Waals surface area contributed by atoms with E-state index in [1.807, 2.05) is 44.2 Å². The van der Waals surface area contributed by atoms with Gasteiger partial charge in [0.25, 0.3) is 5.91 Å². The Bertz CT molecular complexity index is 1180. The zero-order valence-electron chi connectivity index (χ0n) is 22.5. The van der Waals surface area contributed by atoms with Crippen LogP contribution in [-0.4, -0.2) is 69.1 Å². The maximum atomic E-state index is 13.6. The first kappa shape index (κ1) is 29.6. The number of nitrogens with zero attached hydrogens (tertiary/aromatic N) is 1. The maximum absolute atomic E-state index is 13.6. The molecule has 2 heterocycles. The van der Waals surface area contributed by atoms with Crippen molar-refractivity contribution in [2.45, 2.75) is 70.8 Å². The monoisotopic (exact) mass is 539 g/mol. The van der Waals surface area contributed by atoms with Crippen molar-refractivity contribution < 1.29 is 29.4 Å². The molecule has 0 radical (unpaired) electrons. The summed E-state index contributed by atoms with van der Waals surface area (Å²) in [4.78, 5) is 56.9. The highest BCUT2D eigenvalue weighted by Crippen LogP contribution is 2.18. The van der Waals surface area contributed by atoms with Crippen LogP contribution in [0.1, 0.15) is 50.2 Å². The molecule has 1 aromatic carbocycles. The topological polar surface area (TPSA) is 170 Å². The van der Waals surface area contributed by atoms with E-state index in [1.54, 1.807) is 6.92 Å². The first-order valence-corrected chi connectivity index (χ1v) is 13.1. The summed E-state index contributed by atoms with van der Waals surface area (Å²) in [5.74, 6) is -4.12. The minimum Gasteiger partial charge on any atom is -0.505 e. The van der Waals surface area contributed by atoms with Crippen molar-refractivity contribution in [1.29, 1.82) is 0 Å². The molecule has 1 aromatic heterocycles.